The summed E-state index contributed by atoms with van der Waals surface area (Å²) in [4.78, 5) is 11.6. The number of benzene rings is 1. The summed E-state index contributed by atoms with van der Waals surface area (Å²) in [5, 5.41) is 2.64. The summed E-state index contributed by atoms with van der Waals surface area (Å²) >= 11 is 0. The molecule has 0 aliphatic heterocycles. The number of nitrogens with one attached hydrogen (secondary N) is 1. The lowest BCUT2D eigenvalue weighted by atomic mass is 9.98. The zero-order valence-electron chi connectivity index (χ0n) is 9.67. The highest BCUT2D eigenvalue weighted by atomic mass is 19.1. The van der Waals surface area contributed by atoms with Crippen molar-refractivity contribution in [3.63, 3.8) is 0 Å². The van der Waals surface area contributed by atoms with Crippen molar-refractivity contribution in [2.75, 3.05) is 13.1 Å². The zero-order chi connectivity index (χ0) is 12.8. The van der Waals surface area contributed by atoms with E-state index >= 15 is 0 Å². The maximum absolute atomic E-state index is 13.0. The maximum atomic E-state index is 13.0. The molecule has 0 radical (unpaired) electrons. The molecular weight excluding hydrogens is 226 g/mol. The number of rotatable bonds is 5. The summed E-state index contributed by atoms with van der Waals surface area (Å²) < 4.78 is 25.9. The third-order valence-corrected chi connectivity index (χ3v) is 2.41. The van der Waals surface area contributed by atoms with Crippen LogP contribution in [-0.2, 0) is 11.2 Å². The maximum Gasteiger partial charge on any atom is 0.224 e. The van der Waals surface area contributed by atoms with E-state index < -0.39 is 17.6 Å². The second-order valence-electron chi connectivity index (χ2n) is 3.81. The molecule has 0 saturated carbocycles. The van der Waals surface area contributed by atoms with Gasteiger partial charge in [-0.05, 0) is 31.0 Å². The number of amides is 1. The Morgan fingerprint density at radius 1 is 1.35 bits per heavy atom. The minimum Gasteiger partial charge on any atom is -0.356 e. The van der Waals surface area contributed by atoms with E-state index in [2.05, 4.69) is 5.32 Å². The van der Waals surface area contributed by atoms with E-state index in [0.29, 0.717) is 12.1 Å². The van der Waals surface area contributed by atoms with Crippen molar-refractivity contribution in [3.05, 3.63) is 35.4 Å². The molecule has 0 aliphatic rings. The molecular formula is C12H16F2N2O. The van der Waals surface area contributed by atoms with Crippen molar-refractivity contribution in [2.45, 2.75) is 13.3 Å². The predicted octanol–water partition coefficient (Wildman–Crippen LogP) is 1.22. The quantitative estimate of drug-likeness (QED) is 0.815. The van der Waals surface area contributed by atoms with Crippen molar-refractivity contribution in [3.8, 4) is 0 Å². The lowest BCUT2D eigenvalue weighted by Crippen LogP contribution is -2.36. The summed E-state index contributed by atoms with van der Waals surface area (Å²) in [6.07, 6.45) is 0.233. The van der Waals surface area contributed by atoms with E-state index in [1.165, 1.54) is 12.1 Å². The van der Waals surface area contributed by atoms with Crippen molar-refractivity contribution in [1.82, 2.24) is 5.32 Å². The molecule has 0 aliphatic carbocycles. The van der Waals surface area contributed by atoms with Gasteiger partial charge >= 0.3 is 0 Å². The van der Waals surface area contributed by atoms with Crippen LogP contribution in [0.25, 0.3) is 0 Å². The van der Waals surface area contributed by atoms with Gasteiger partial charge in [0.15, 0.2) is 0 Å². The highest BCUT2D eigenvalue weighted by molar-refractivity contribution is 5.79. The minimum atomic E-state index is -0.647. The van der Waals surface area contributed by atoms with Gasteiger partial charge in [-0.3, -0.25) is 4.79 Å². The van der Waals surface area contributed by atoms with E-state index in [1.54, 1.807) is 6.92 Å². The number of carbonyl (C=O) groups is 1. The van der Waals surface area contributed by atoms with Crippen LogP contribution in [0.2, 0.25) is 0 Å². The zero-order valence-corrected chi connectivity index (χ0v) is 9.67. The van der Waals surface area contributed by atoms with E-state index in [0.717, 1.165) is 6.07 Å². The minimum absolute atomic E-state index is 0.143. The molecule has 0 heterocycles. The van der Waals surface area contributed by atoms with Gasteiger partial charge in [-0.1, -0.05) is 0 Å². The molecule has 0 saturated heterocycles. The summed E-state index contributed by atoms with van der Waals surface area (Å²) in [5.41, 5.74) is 5.91. The molecule has 1 aromatic rings. The van der Waals surface area contributed by atoms with Crippen LogP contribution in [0.5, 0.6) is 0 Å². The van der Waals surface area contributed by atoms with E-state index in [9.17, 15) is 13.6 Å². The lowest BCUT2D eigenvalue weighted by molar-refractivity contribution is -0.124. The molecule has 17 heavy (non-hydrogen) atoms. The first kappa shape index (κ1) is 13.6. The van der Waals surface area contributed by atoms with Crippen LogP contribution in [0.1, 0.15) is 12.5 Å². The molecule has 94 valence electrons. The van der Waals surface area contributed by atoms with Crippen LogP contribution in [0.3, 0.4) is 0 Å². The Hall–Kier alpha value is -1.49. The van der Waals surface area contributed by atoms with Gasteiger partial charge in [0.25, 0.3) is 0 Å². The van der Waals surface area contributed by atoms with E-state index in [-0.39, 0.29) is 18.9 Å². The molecule has 0 bridgehead atoms. The van der Waals surface area contributed by atoms with Crippen LogP contribution in [0.15, 0.2) is 18.2 Å². The van der Waals surface area contributed by atoms with Crippen LogP contribution >= 0.6 is 0 Å². The first-order chi connectivity index (χ1) is 8.06. The van der Waals surface area contributed by atoms with Crippen LogP contribution in [-0.4, -0.2) is 19.0 Å². The molecule has 3 N–H and O–H groups in total. The number of nitrogens with two attached hydrogens (primary N) is 1. The van der Waals surface area contributed by atoms with Crippen molar-refractivity contribution < 1.29 is 13.6 Å². The Morgan fingerprint density at radius 2 is 1.94 bits per heavy atom. The third kappa shape index (κ3) is 4.11. The largest absolute Gasteiger partial charge is 0.356 e. The van der Waals surface area contributed by atoms with E-state index in [1.807, 2.05) is 0 Å². The van der Waals surface area contributed by atoms with Gasteiger partial charge in [-0.15, -0.1) is 0 Å². The average Bonchev–Trinajstić information content (AvgIpc) is 2.24. The van der Waals surface area contributed by atoms with Crippen molar-refractivity contribution >= 4 is 5.91 Å². The fourth-order valence-electron chi connectivity index (χ4n) is 1.61. The summed E-state index contributed by atoms with van der Waals surface area (Å²) in [5.74, 6) is -1.95. The van der Waals surface area contributed by atoms with Crippen molar-refractivity contribution in [2.24, 2.45) is 11.7 Å². The lowest BCUT2D eigenvalue weighted by Gasteiger charge is -2.14. The Balaban J connectivity index is 2.76. The predicted molar refractivity (Wildman–Crippen MR) is 61.3 cm³/mol. The summed E-state index contributed by atoms with van der Waals surface area (Å²) in [6.45, 7) is 2.45. The fourth-order valence-corrected chi connectivity index (χ4v) is 1.61. The molecule has 1 atom stereocenters. The topological polar surface area (TPSA) is 55.1 Å². The first-order valence-corrected chi connectivity index (χ1v) is 5.49. The van der Waals surface area contributed by atoms with Gasteiger partial charge in [0.05, 0.1) is 5.92 Å². The molecule has 5 heteroatoms. The molecule has 0 fully saturated rings. The molecule has 0 aromatic heterocycles. The summed E-state index contributed by atoms with van der Waals surface area (Å²) in [6, 6.07) is 3.23. The van der Waals surface area contributed by atoms with Gasteiger partial charge in [-0.2, -0.15) is 0 Å². The van der Waals surface area contributed by atoms with Crippen LogP contribution in [0, 0.1) is 17.6 Å². The number of hydrogen-bond acceptors (Lipinski definition) is 2. The molecule has 3 nitrogen and oxygen atoms in total. The van der Waals surface area contributed by atoms with Crippen LogP contribution in [0.4, 0.5) is 8.78 Å². The molecule has 0 spiro atoms. The third-order valence-electron chi connectivity index (χ3n) is 2.41. The number of halogens is 2. The molecule has 1 aromatic carbocycles. The van der Waals surface area contributed by atoms with Crippen LogP contribution < -0.4 is 11.1 Å². The Bertz CT molecular complexity index is 376. The smallest absolute Gasteiger partial charge is 0.224 e. The van der Waals surface area contributed by atoms with Gasteiger partial charge in [0.2, 0.25) is 5.91 Å². The number of carbonyl (C=O) groups excluding carboxylic acids is 1. The molecule has 1 amide bonds. The van der Waals surface area contributed by atoms with Gasteiger partial charge in [-0.25, -0.2) is 8.78 Å². The first-order valence-electron chi connectivity index (χ1n) is 5.49. The highest BCUT2D eigenvalue weighted by Crippen LogP contribution is 2.12. The molecule has 1 rings (SSSR count). The Morgan fingerprint density at radius 3 is 2.41 bits per heavy atom. The van der Waals surface area contributed by atoms with Gasteiger partial charge in [0, 0.05) is 19.2 Å². The standard InChI is InChI=1S/C12H16F2N2O/c1-2-16-12(17)9(7-15)3-8-4-10(13)6-11(14)5-8/h4-6,9H,2-3,7,15H2,1H3,(H,16,17). The summed E-state index contributed by atoms with van der Waals surface area (Å²) in [7, 11) is 0. The SMILES string of the molecule is CCNC(=O)C(CN)Cc1cc(F)cc(F)c1. The Labute approximate surface area is 99.0 Å². The monoisotopic (exact) mass is 242 g/mol. The second-order valence-corrected chi connectivity index (χ2v) is 3.81. The van der Waals surface area contributed by atoms with E-state index in [4.69, 9.17) is 5.73 Å². The number of hydrogen-bond donors (Lipinski definition) is 2. The highest BCUT2D eigenvalue weighted by Gasteiger charge is 2.17. The Kier molecular flexibility index (Phi) is 5.03. The second kappa shape index (κ2) is 6.30. The van der Waals surface area contributed by atoms with Crippen molar-refractivity contribution in [1.29, 1.82) is 0 Å². The molecule has 1 unspecified atom stereocenters. The fraction of sp³-hybridized carbons (Fsp3) is 0.417. The van der Waals surface area contributed by atoms with Gasteiger partial charge in [0.1, 0.15) is 11.6 Å². The van der Waals surface area contributed by atoms with Gasteiger partial charge < -0.3 is 11.1 Å². The average molecular weight is 242 g/mol. The normalized spacial score (nSPS) is 12.2.